The van der Waals surface area contributed by atoms with Gasteiger partial charge in [-0.25, -0.2) is 0 Å². The highest BCUT2D eigenvalue weighted by atomic mass is 32.2. The van der Waals surface area contributed by atoms with Gasteiger partial charge in [0.1, 0.15) is 0 Å². The number of nitrogens with zero attached hydrogens (tertiary/aromatic N) is 2. The average Bonchev–Trinajstić information content (AvgIpc) is 3.14. The first-order valence-corrected chi connectivity index (χ1v) is 9.14. The van der Waals surface area contributed by atoms with E-state index >= 15 is 0 Å². The standard InChI is InChI=1S/C20H21N3OS/c1-16(25-19-10-3-2-4-11-19)20(24)21-14-17-8-5-6-9-18(17)15-23-13-7-12-22-23/h2-13,16H,14-15H2,1H3,(H,21,24). The maximum atomic E-state index is 12.4. The molecule has 1 unspecified atom stereocenters. The lowest BCUT2D eigenvalue weighted by molar-refractivity contribution is -0.120. The summed E-state index contributed by atoms with van der Waals surface area (Å²) in [5.74, 6) is 0.0442. The van der Waals surface area contributed by atoms with Gasteiger partial charge in [-0.05, 0) is 36.2 Å². The van der Waals surface area contributed by atoms with Crippen LogP contribution in [-0.2, 0) is 17.9 Å². The predicted molar refractivity (Wildman–Crippen MR) is 101 cm³/mol. The lowest BCUT2D eigenvalue weighted by Crippen LogP contribution is -2.30. The van der Waals surface area contributed by atoms with Crippen molar-refractivity contribution >= 4 is 17.7 Å². The van der Waals surface area contributed by atoms with Crippen LogP contribution in [-0.4, -0.2) is 20.9 Å². The van der Waals surface area contributed by atoms with E-state index in [4.69, 9.17) is 0 Å². The summed E-state index contributed by atoms with van der Waals surface area (Å²) in [6.07, 6.45) is 3.71. The van der Waals surface area contributed by atoms with Gasteiger partial charge in [-0.2, -0.15) is 5.10 Å². The summed E-state index contributed by atoms with van der Waals surface area (Å²) < 4.78 is 1.88. The van der Waals surface area contributed by atoms with Crippen molar-refractivity contribution in [1.29, 1.82) is 0 Å². The second-order valence-corrected chi connectivity index (χ2v) is 7.18. The first kappa shape index (κ1) is 17.3. The number of nitrogens with one attached hydrogen (secondary N) is 1. The molecule has 3 rings (SSSR count). The summed E-state index contributed by atoms with van der Waals surface area (Å²) in [6.45, 7) is 3.16. The fraction of sp³-hybridized carbons (Fsp3) is 0.200. The molecule has 4 nitrogen and oxygen atoms in total. The van der Waals surface area contributed by atoms with E-state index in [1.807, 2.05) is 72.4 Å². The molecule has 1 atom stereocenters. The van der Waals surface area contributed by atoms with Gasteiger partial charge in [0.2, 0.25) is 5.91 Å². The number of carbonyl (C=O) groups excluding carboxylic acids is 1. The number of amides is 1. The summed E-state index contributed by atoms with van der Waals surface area (Å²) in [4.78, 5) is 13.5. The monoisotopic (exact) mass is 351 g/mol. The predicted octanol–water partition coefficient (Wildman–Crippen LogP) is 3.73. The van der Waals surface area contributed by atoms with Crippen molar-refractivity contribution in [2.24, 2.45) is 0 Å². The summed E-state index contributed by atoms with van der Waals surface area (Å²) in [5.41, 5.74) is 2.28. The maximum Gasteiger partial charge on any atom is 0.233 e. The number of benzene rings is 2. The molecule has 0 aliphatic rings. The van der Waals surface area contributed by atoms with Crippen LogP contribution in [0.15, 0.2) is 78.0 Å². The van der Waals surface area contributed by atoms with Crippen LogP contribution >= 0.6 is 11.8 Å². The largest absolute Gasteiger partial charge is 0.351 e. The Morgan fingerprint density at radius 3 is 2.52 bits per heavy atom. The van der Waals surface area contributed by atoms with Gasteiger partial charge in [-0.3, -0.25) is 9.48 Å². The van der Waals surface area contributed by atoms with Crippen LogP contribution in [0.5, 0.6) is 0 Å². The maximum absolute atomic E-state index is 12.4. The van der Waals surface area contributed by atoms with E-state index in [1.54, 1.807) is 18.0 Å². The van der Waals surface area contributed by atoms with Gasteiger partial charge in [-0.1, -0.05) is 42.5 Å². The SMILES string of the molecule is CC(Sc1ccccc1)C(=O)NCc1ccccc1Cn1cccn1. The molecule has 0 aliphatic heterocycles. The van der Waals surface area contributed by atoms with Crippen molar-refractivity contribution in [3.63, 3.8) is 0 Å². The highest BCUT2D eigenvalue weighted by Gasteiger charge is 2.14. The number of aromatic nitrogens is 2. The fourth-order valence-corrected chi connectivity index (χ4v) is 3.45. The van der Waals surface area contributed by atoms with E-state index in [1.165, 1.54) is 0 Å². The molecule has 2 aromatic carbocycles. The quantitative estimate of drug-likeness (QED) is 0.660. The highest BCUT2D eigenvalue weighted by Crippen LogP contribution is 2.22. The number of thioether (sulfide) groups is 1. The molecule has 1 heterocycles. The summed E-state index contributed by atoms with van der Waals surface area (Å²) >= 11 is 1.57. The molecule has 1 aromatic heterocycles. The Kier molecular flexibility index (Phi) is 5.90. The summed E-state index contributed by atoms with van der Waals surface area (Å²) in [5, 5.41) is 7.16. The molecule has 5 heteroatoms. The van der Waals surface area contributed by atoms with E-state index in [2.05, 4.69) is 16.5 Å². The van der Waals surface area contributed by atoms with Crippen molar-refractivity contribution < 1.29 is 4.79 Å². The molecule has 0 spiro atoms. The molecule has 0 fully saturated rings. The zero-order valence-electron chi connectivity index (χ0n) is 14.1. The molecule has 1 N–H and O–H groups in total. The lowest BCUT2D eigenvalue weighted by Gasteiger charge is -2.14. The number of hydrogen-bond acceptors (Lipinski definition) is 3. The Labute approximate surface area is 152 Å². The van der Waals surface area contributed by atoms with Crippen LogP contribution in [0.1, 0.15) is 18.1 Å². The van der Waals surface area contributed by atoms with Crippen molar-refractivity contribution in [2.45, 2.75) is 30.2 Å². The molecule has 25 heavy (non-hydrogen) atoms. The van der Waals surface area contributed by atoms with Crippen LogP contribution in [0.2, 0.25) is 0 Å². The molecule has 3 aromatic rings. The third-order valence-electron chi connectivity index (χ3n) is 3.89. The molecular formula is C20H21N3OS. The highest BCUT2D eigenvalue weighted by molar-refractivity contribution is 8.00. The van der Waals surface area contributed by atoms with Crippen LogP contribution in [0.4, 0.5) is 0 Å². The minimum absolute atomic E-state index is 0.0442. The Bertz CT molecular complexity index is 803. The van der Waals surface area contributed by atoms with E-state index in [9.17, 15) is 4.79 Å². The van der Waals surface area contributed by atoms with Crippen LogP contribution in [0.25, 0.3) is 0 Å². The first-order chi connectivity index (χ1) is 12.2. The van der Waals surface area contributed by atoms with Gasteiger partial charge in [0.05, 0.1) is 11.8 Å². The summed E-state index contributed by atoms with van der Waals surface area (Å²) in [6, 6.07) is 20.0. The van der Waals surface area contributed by atoms with Crippen molar-refractivity contribution in [3.05, 3.63) is 84.2 Å². The van der Waals surface area contributed by atoms with Crippen LogP contribution in [0, 0.1) is 0 Å². The van der Waals surface area contributed by atoms with Crippen molar-refractivity contribution in [2.75, 3.05) is 0 Å². The van der Waals surface area contributed by atoms with Gasteiger partial charge in [0.15, 0.2) is 0 Å². The van der Waals surface area contributed by atoms with Gasteiger partial charge in [0, 0.05) is 23.8 Å². The van der Waals surface area contributed by atoms with E-state index in [0.29, 0.717) is 13.1 Å². The molecular weight excluding hydrogens is 330 g/mol. The fourth-order valence-electron chi connectivity index (χ4n) is 2.54. The Morgan fingerprint density at radius 1 is 1.08 bits per heavy atom. The van der Waals surface area contributed by atoms with Crippen LogP contribution in [0.3, 0.4) is 0 Å². The smallest absolute Gasteiger partial charge is 0.233 e. The number of rotatable bonds is 7. The molecule has 128 valence electrons. The third kappa shape index (κ3) is 4.97. The van der Waals surface area contributed by atoms with Gasteiger partial charge < -0.3 is 5.32 Å². The minimum Gasteiger partial charge on any atom is -0.351 e. The second kappa shape index (κ2) is 8.53. The normalized spacial score (nSPS) is 11.9. The molecule has 0 radical (unpaired) electrons. The van der Waals surface area contributed by atoms with E-state index in [0.717, 1.165) is 16.0 Å². The first-order valence-electron chi connectivity index (χ1n) is 8.26. The van der Waals surface area contributed by atoms with E-state index in [-0.39, 0.29) is 11.2 Å². The molecule has 1 amide bonds. The van der Waals surface area contributed by atoms with Crippen molar-refractivity contribution in [3.8, 4) is 0 Å². The molecule has 0 aliphatic carbocycles. The van der Waals surface area contributed by atoms with E-state index < -0.39 is 0 Å². The van der Waals surface area contributed by atoms with Crippen molar-refractivity contribution in [1.82, 2.24) is 15.1 Å². The summed E-state index contributed by atoms with van der Waals surface area (Å²) in [7, 11) is 0. The average molecular weight is 351 g/mol. The Balaban J connectivity index is 1.58. The minimum atomic E-state index is -0.138. The molecule has 0 bridgehead atoms. The van der Waals surface area contributed by atoms with Gasteiger partial charge in [-0.15, -0.1) is 11.8 Å². The van der Waals surface area contributed by atoms with Crippen LogP contribution < -0.4 is 5.32 Å². The molecule has 0 saturated carbocycles. The zero-order valence-corrected chi connectivity index (χ0v) is 14.9. The Hall–Kier alpha value is -2.53. The van der Waals surface area contributed by atoms with Gasteiger partial charge >= 0.3 is 0 Å². The van der Waals surface area contributed by atoms with Gasteiger partial charge in [0.25, 0.3) is 0 Å². The Morgan fingerprint density at radius 2 is 1.80 bits per heavy atom. The number of hydrogen-bond donors (Lipinski definition) is 1. The third-order valence-corrected chi connectivity index (χ3v) is 5.00. The topological polar surface area (TPSA) is 46.9 Å². The second-order valence-electron chi connectivity index (χ2n) is 5.76. The lowest BCUT2D eigenvalue weighted by atomic mass is 10.1. The molecule has 0 saturated heterocycles. The number of carbonyl (C=O) groups is 1. The zero-order chi connectivity index (χ0) is 17.5.